The Kier molecular flexibility index (Phi) is 3.50. The summed E-state index contributed by atoms with van der Waals surface area (Å²) in [7, 11) is 0. The van der Waals surface area contributed by atoms with E-state index in [4.69, 9.17) is 0 Å². The maximum absolute atomic E-state index is 13.3. The minimum absolute atomic E-state index is 0.102. The van der Waals surface area contributed by atoms with Crippen molar-refractivity contribution in [1.82, 2.24) is 10.6 Å². The molecule has 0 spiro atoms. The van der Waals surface area contributed by atoms with E-state index in [-0.39, 0.29) is 11.4 Å². The first-order valence-electron chi connectivity index (χ1n) is 6.20. The second-order valence-electron chi connectivity index (χ2n) is 5.80. The first-order chi connectivity index (χ1) is 7.96. The largest absolute Gasteiger partial charge is 0.312 e. The maximum Gasteiger partial charge on any atom is 0.123 e. The minimum Gasteiger partial charge on any atom is -0.312 e. The van der Waals surface area contributed by atoms with Crippen molar-refractivity contribution in [3.05, 3.63) is 35.1 Å². The Labute approximate surface area is 103 Å². The van der Waals surface area contributed by atoms with E-state index in [0.29, 0.717) is 5.92 Å². The van der Waals surface area contributed by atoms with E-state index in [2.05, 4.69) is 31.4 Å². The number of rotatable bonds is 2. The van der Waals surface area contributed by atoms with Crippen molar-refractivity contribution in [1.29, 1.82) is 0 Å². The van der Waals surface area contributed by atoms with Gasteiger partial charge in [0.15, 0.2) is 0 Å². The van der Waals surface area contributed by atoms with E-state index in [1.165, 1.54) is 5.56 Å². The lowest BCUT2D eigenvalue weighted by Gasteiger charge is -2.30. The first-order valence-corrected chi connectivity index (χ1v) is 6.20. The molecule has 1 aliphatic rings. The molecule has 1 aromatic carbocycles. The van der Waals surface area contributed by atoms with Crippen molar-refractivity contribution >= 4 is 0 Å². The number of hydrogen-bond donors (Lipinski definition) is 2. The molecule has 0 bridgehead atoms. The molecular formula is C14H21FN2. The standard InChI is InChI=1S/C14H21FN2/c1-14(2,3)17-9-11-8-16-7-10-4-5-12(15)6-13(10)11/h4-6,11,16-17H,7-9H2,1-3H3. The fourth-order valence-corrected chi connectivity index (χ4v) is 2.21. The van der Waals surface area contributed by atoms with E-state index in [9.17, 15) is 4.39 Å². The molecule has 1 heterocycles. The van der Waals surface area contributed by atoms with E-state index in [1.54, 1.807) is 12.1 Å². The zero-order chi connectivity index (χ0) is 12.5. The summed E-state index contributed by atoms with van der Waals surface area (Å²) in [6.07, 6.45) is 0. The summed E-state index contributed by atoms with van der Waals surface area (Å²) in [5.74, 6) is 0.222. The quantitative estimate of drug-likeness (QED) is 0.824. The molecule has 2 rings (SSSR count). The van der Waals surface area contributed by atoms with Crippen LogP contribution in [0.2, 0.25) is 0 Å². The molecule has 1 aliphatic heterocycles. The average molecular weight is 236 g/mol. The third kappa shape index (κ3) is 3.27. The lowest BCUT2D eigenvalue weighted by molar-refractivity contribution is 0.391. The van der Waals surface area contributed by atoms with Gasteiger partial charge in [-0.25, -0.2) is 4.39 Å². The van der Waals surface area contributed by atoms with Crippen LogP contribution in [-0.4, -0.2) is 18.6 Å². The van der Waals surface area contributed by atoms with Crippen LogP contribution >= 0.6 is 0 Å². The molecule has 0 fully saturated rings. The molecule has 17 heavy (non-hydrogen) atoms. The Morgan fingerprint density at radius 1 is 1.41 bits per heavy atom. The van der Waals surface area contributed by atoms with Crippen molar-refractivity contribution in [2.75, 3.05) is 13.1 Å². The zero-order valence-electron chi connectivity index (χ0n) is 10.8. The fourth-order valence-electron chi connectivity index (χ4n) is 2.21. The van der Waals surface area contributed by atoms with Crippen molar-refractivity contribution < 1.29 is 4.39 Å². The van der Waals surface area contributed by atoms with E-state index in [1.807, 2.05) is 6.07 Å². The highest BCUT2D eigenvalue weighted by Crippen LogP contribution is 2.24. The number of halogens is 1. The molecule has 0 saturated heterocycles. The maximum atomic E-state index is 13.3. The zero-order valence-corrected chi connectivity index (χ0v) is 10.8. The third-order valence-corrected chi connectivity index (χ3v) is 3.13. The second-order valence-corrected chi connectivity index (χ2v) is 5.80. The predicted octanol–water partition coefficient (Wildman–Crippen LogP) is 2.40. The molecule has 2 N–H and O–H groups in total. The summed E-state index contributed by atoms with van der Waals surface area (Å²) in [5, 5.41) is 6.87. The van der Waals surface area contributed by atoms with Crippen molar-refractivity contribution in [3.63, 3.8) is 0 Å². The van der Waals surface area contributed by atoms with Crippen molar-refractivity contribution in [3.8, 4) is 0 Å². The van der Waals surface area contributed by atoms with Crippen LogP contribution in [-0.2, 0) is 6.54 Å². The van der Waals surface area contributed by atoms with Crippen LogP contribution in [0.4, 0.5) is 4.39 Å². The Hall–Kier alpha value is -0.930. The highest BCUT2D eigenvalue weighted by Gasteiger charge is 2.21. The van der Waals surface area contributed by atoms with Crippen LogP contribution in [0.15, 0.2) is 18.2 Å². The Morgan fingerprint density at radius 2 is 2.18 bits per heavy atom. The van der Waals surface area contributed by atoms with Crippen LogP contribution in [0.1, 0.15) is 37.8 Å². The summed E-state index contributed by atoms with van der Waals surface area (Å²) in [5.41, 5.74) is 2.48. The van der Waals surface area contributed by atoms with Gasteiger partial charge in [-0.15, -0.1) is 0 Å². The van der Waals surface area contributed by atoms with Gasteiger partial charge >= 0.3 is 0 Å². The van der Waals surface area contributed by atoms with Gasteiger partial charge in [-0.2, -0.15) is 0 Å². The lowest BCUT2D eigenvalue weighted by Crippen LogP contribution is -2.42. The van der Waals surface area contributed by atoms with Gasteiger partial charge in [-0.05, 0) is 44.0 Å². The minimum atomic E-state index is -0.133. The summed E-state index contributed by atoms with van der Waals surface area (Å²) in [6, 6.07) is 5.12. The number of hydrogen-bond acceptors (Lipinski definition) is 2. The molecule has 1 aromatic rings. The molecule has 1 atom stereocenters. The number of fused-ring (bicyclic) bond motifs is 1. The lowest BCUT2D eigenvalue weighted by atomic mass is 9.90. The summed E-state index contributed by atoms with van der Waals surface area (Å²) in [4.78, 5) is 0. The van der Waals surface area contributed by atoms with Gasteiger partial charge in [-0.1, -0.05) is 6.07 Å². The topological polar surface area (TPSA) is 24.1 Å². The molecule has 0 aromatic heterocycles. The van der Waals surface area contributed by atoms with Gasteiger partial charge < -0.3 is 10.6 Å². The smallest absolute Gasteiger partial charge is 0.123 e. The first kappa shape index (κ1) is 12.5. The molecule has 3 heteroatoms. The van der Waals surface area contributed by atoms with Gasteiger partial charge in [0, 0.05) is 31.1 Å². The summed E-state index contributed by atoms with van der Waals surface area (Å²) >= 11 is 0. The molecule has 2 nitrogen and oxygen atoms in total. The van der Waals surface area contributed by atoms with Gasteiger partial charge in [-0.3, -0.25) is 0 Å². The van der Waals surface area contributed by atoms with Gasteiger partial charge in [0.25, 0.3) is 0 Å². The summed E-state index contributed by atoms with van der Waals surface area (Å²) in [6.45, 7) is 9.09. The molecular weight excluding hydrogens is 215 g/mol. The van der Waals surface area contributed by atoms with E-state index in [0.717, 1.165) is 25.2 Å². The fraction of sp³-hybridized carbons (Fsp3) is 0.571. The summed E-state index contributed by atoms with van der Waals surface area (Å²) < 4.78 is 13.3. The molecule has 0 saturated carbocycles. The number of nitrogens with one attached hydrogen (secondary N) is 2. The van der Waals surface area contributed by atoms with Crippen LogP contribution in [0, 0.1) is 5.82 Å². The molecule has 0 aliphatic carbocycles. The monoisotopic (exact) mass is 236 g/mol. The Morgan fingerprint density at radius 3 is 2.88 bits per heavy atom. The van der Waals surface area contributed by atoms with Gasteiger partial charge in [0.1, 0.15) is 5.82 Å². The Balaban J connectivity index is 2.14. The molecule has 1 unspecified atom stereocenters. The third-order valence-electron chi connectivity index (χ3n) is 3.13. The SMILES string of the molecule is CC(C)(C)NCC1CNCc2ccc(F)cc21. The molecule has 0 radical (unpaired) electrons. The van der Waals surface area contributed by atoms with Crippen molar-refractivity contribution in [2.24, 2.45) is 0 Å². The molecule has 0 amide bonds. The van der Waals surface area contributed by atoms with Crippen molar-refractivity contribution in [2.45, 2.75) is 38.8 Å². The van der Waals surface area contributed by atoms with E-state index < -0.39 is 0 Å². The molecule has 94 valence electrons. The highest BCUT2D eigenvalue weighted by atomic mass is 19.1. The second kappa shape index (κ2) is 4.75. The van der Waals surface area contributed by atoms with Gasteiger partial charge in [0.2, 0.25) is 0 Å². The normalized spacial score (nSPS) is 20.1. The number of benzene rings is 1. The van der Waals surface area contributed by atoms with E-state index >= 15 is 0 Å². The highest BCUT2D eigenvalue weighted by molar-refractivity contribution is 5.33. The van der Waals surface area contributed by atoms with Crippen LogP contribution in [0.25, 0.3) is 0 Å². The predicted molar refractivity (Wildman–Crippen MR) is 68.6 cm³/mol. The van der Waals surface area contributed by atoms with Crippen LogP contribution in [0.3, 0.4) is 0 Å². The Bertz CT molecular complexity index is 396. The van der Waals surface area contributed by atoms with Gasteiger partial charge in [0.05, 0.1) is 0 Å². The van der Waals surface area contributed by atoms with Crippen LogP contribution in [0.5, 0.6) is 0 Å². The average Bonchev–Trinajstić information content (AvgIpc) is 2.25. The van der Waals surface area contributed by atoms with Crippen LogP contribution < -0.4 is 10.6 Å².